The summed E-state index contributed by atoms with van der Waals surface area (Å²) in [6, 6.07) is 6.37. The van der Waals surface area contributed by atoms with Gasteiger partial charge in [0.2, 0.25) is 0 Å². The van der Waals surface area contributed by atoms with E-state index in [-0.39, 0.29) is 0 Å². The van der Waals surface area contributed by atoms with Crippen LogP contribution in [0.3, 0.4) is 0 Å². The number of methoxy groups -OCH3 is 1. The molecule has 0 unspecified atom stereocenters. The fourth-order valence-corrected chi connectivity index (χ4v) is 4.47. The summed E-state index contributed by atoms with van der Waals surface area (Å²) in [6.45, 7) is 7.41. The summed E-state index contributed by atoms with van der Waals surface area (Å²) in [6.07, 6.45) is 7.63. The van der Waals surface area contributed by atoms with Gasteiger partial charge in [-0.3, -0.25) is 4.90 Å². The number of likely N-dealkylation sites (tertiary alicyclic amines) is 1. The zero-order valence-corrected chi connectivity index (χ0v) is 16.6. The van der Waals surface area contributed by atoms with E-state index in [1.54, 1.807) is 0 Å². The Morgan fingerprint density at radius 1 is 1.19 bits per heavy atom. The van der Waals surface area contributed by atoms with Crippen LogP contribution in [0.5, 0.6) is 5.75 Å². The molecule has 26 heavy (non-hydrogen) atoms. The molecule has 1 aliphatic heterocycles. The average Bonchev–Trinajstić information content (AvgIpc) is 2.66. The van der Waals surface area contributed by atoms with E-state index >= 15 is 0 Å². The van der Waals surface area contributed by atoms with Gasteiger partial charge in [-0.25, -0.2) is 0 Å². The van der Waals surface area contributed by atoms with Gasteiger partial charge in [0, 0.05) is 37.8 Å². The Bertz CT molecular complexity index is 577. The highest BCUT2D eigenvalue weighted by Gasteiger charge is 2.37. The number of nitrogens with zero attached hydrogens (tertiary/aromatic N) is 1. The molecule has 3 rings (SSSR count). The summed E-state index contributed by atoms with van der Waals surface area (Å²) < 4.78 is 11.1. The van der Waals surface area contributed by atoms with Gasteiger partial charge in [0.05, 0.1) is 24.1 Å². The van der Waals surface area contributed by atoms with Gasteiger partial charge in [0.15, 0.2) is 0 Å². The lowest BCUT2D eigenvalue weighted by Crippen LogP contribution is -2.53. The lowest BCUT2D eigenvalue weighted by atomic mass is 9.79. The van der Waals surface area contributed by atoms with Gasteiger partial charge in [-0.1, -0.05) is 0 Å². The molecular formula is C21H35N3O2. The van der Waals surface area contributed by atoms with Gasteiger partial charge in [-0.05, 0) is 64.5 Å². The zero-order chi connectivity index (χ0) is 18.6. The fraction of sp³-hybridized carbons (Fsp3) is 0.714. The van der Waals surface area contributed by atoms with Crippen molar-refractivity contribution in [3.63, 3.8) is 0 Å². The van der Waals surface area contributed by atoms with Crippen LogP contribution in [0.2, 0.25) is 0 Å². The first-order valence-corrected chi connectivity index (χ1v) is 10.1. The number of nitrogen functional groups attached to an aromatic ring is 1. The predicted octanol–water partition coefficient (Wildman–Crippen LogP) is 3.89. The van der Waals surface area contributed by atoms with Crippen LogP contribution in [0.25, 0.3) is 0 Å². The minimum Gasteiger partial charge on any atom is -0.494 e. The Hall–Kier alpha value is -1.46. The van der Waals surface area contributed by atoms with Crippen molar-refractivity contribution in [2.24, 2.45) is 0 Å². The standard InChI is InChI=1S/C21H35N3O2/c1-4-26-18-5-6-19(22)20(15-18)23-16-9-13-24(14-10-16)21(2)11-7-17(25-3)8-12-21/h5-6,15-17,23H,4,7-14,22H2,1-3H3. The van der Waals surface area contributed by atoms with E-state index in [2.05, 4.69) is 17.1 Å². The second kappa shape index (κ2) is 8.49. The maximum atomic E-state index is 6.15. The molecule has 2 aliphatic rings. The lowest BCUT2D eigenvalue weighted by Gasteiger charge is -2.48. The van der Waals surface area contributed by atoms with Gasteiger partial charge in [0.25, 0.3) is 0 Å². The average molecular weight is 362 g/mol. The second-order valence-electron chi connectivity index (χ2n) is 8.02. The van der Waals surface area contributed by atoms with Crippen LogP contribution in [-0.4, -0.2) is 49.4 Å². The minimum absolute atomic E-state index is 0.341. The molecule has 0 spiro atoms. The van der Waals surface area contributed by atoms with Gasteiger partial charge < -0.3 is 20.5 Å². The largest absolute Gasteiger partial charge is 0.494 e. The molecule has 5 nitrogen and oxygen atoms in total. The summed E-state index contributed by atoms with van der Waals surface area (Å²) >= 11 is 0. The lowest BCUT2D eigenvalue weighted by molar-refractivity contribution is -0.0105. The normalized spacial score (nSPS) is 28.0. The molecule has 1 saturated carbocycles. The third kappa shape index (κ3) is 4.44. The van der Waals surface area contributed by atoms with Crippen molar-refractivity contribution in [3.8, 4) is 5.75 Å². The summed E-state index contributed by atoms with van der Waals surface area (Å²) in [4.78, 5) is 2.71. The Morgan fingerprint density at radius 3 is 2.50 bits per heavy atom. The van der Waals surface area contributed by atoms with Crippen LogP contribution in [0.4, 0.5) is 11.4 Å². The smallest absolute Gasteiger partial charge is 0.121 e. The van der Waals surface area contributed by atoms with E-state index in [1.807, 2.05) is 32.2 Å². The maximum Gasteiger partial charge on any atom is 0.121 e. The number of anilines is 2. The Kier molecular flexibility index (Phi) is 6.30. The van der Waals surface area contributed by atoms with Gasteiger partial charge in [-0.15, -0.1) is 0 Å². The molecule has 0 amide bonds. The van der Waals surface area contributed by atoms with Crippen molar-refractivity contribution in [1.82, 2.24) is 4.90 Å². The molecule has 1 heterocycles. The number of benzene rings is 1. The van der Waals surface area contributed by atoms with Gasteiger partial charge in [-0.2, -0.15) is 0 Å². The third-order valence-electron chi connectivity index (χ3n) is 6.30. The predicted molar refractivity (Wildman–Crippen MR) is 108 cm³/mol. The molecular weight excluding hydrogens is 326 g/mol. The van der Waals surface area contributed by atoms with Crippen molar-refractivity contribution >= 4 is 11.4 Å². The van der Waals surface area contributed by atoms with Crippen molar-refractivity contribution in [1.29, 1.82) is 0 Å². The molecule has 0 aromatic heterocycles. The number of ether oxygens (including phenoxy) is 2. The molecule has 1 saturated heterocycles. The highest BCUT2D eigenvalue weighted by Crippen LogP contribution is 2.36. The molecule has 146 valence electrons. The van der Waals surface area contributed by atoms with Crippen LogP contribution >= 0.6 is 0 Å². The SMILES string of the molecule is CCOc1ccc(N)c(NC2CCN(C3(C)CCC(OC)CC3)CC2)c1. The van der Waals surface area contributed by atoms with Crippen molar-refractivity contribution in [2.75, 3.05) is 37.9 Å². The molecule has 0 atom stereocenters. The molecule has 0 radical (unpaired) electrons. The highest BCUT2D eigenvalue weighted by atomic mass is 16.5. The van der Waals surface area contributed by atoms with E-state index < -0.39 is 0 Å². The number of rotatable bonds is 6. The van der Waals surface area contributed by atoms with Crippen LogP contribution in [0, 0.1) is 0 Å². The van der Waals surface area contributed by atoms with E-state index in [0.717, 1.165) is 43.1 Å². The molecule has 3 N–H and O–H groups in total. The van der Waals surface area contributed by atoms with Gasteiger partial charge >= 0.3 is 0 Å². The highest BCUT2D eigenvalue weighted by molar-refractivity contribution is 5.68. The number of hydrogen-bond acceptors (Lipinski definition) is 5. The first-order chi connectivity index (χ1) is 12.5. The second-order valence-corrected chi connectivity index (χ2v) is 8.02. The van der Waals surface area contributed by atoms with E-state index in [0.29, 0.717) is 24.3 Å². The maximum absolute atomic E-state index is 6.15. The monoisotopic (exact) mass is 361 g/mol. The quantitative estimate of drug-likeness (QED) is 0.753. The minimum atomic E-state index is 0.341. The Labute approximate surface area is 158 Å². The summed E-state index contributed by atoms with van der Waals surface area (Å²) in [5.41, 5.74) is 8.29. The van der Waals surface area contributed by atoms with E-state index in [9.17, 15) is 0 Å². The number of nitrogens with two attached hydrogens (primary N) is 1. The fourth-order valence-electron chi connectivity index (χ4n) is 4.47. The first kappa shape index (κ1) is 19.3. The summed E-state index contributed by atoms with van der Waals surface area (Å²) in [5, 5.41) is 3.65. The molecule has 0 bridgehead atoms. The number of piperidine rings is 1. The topological polar surface area (TPSA) is 59.8 Å². The van der Waals surface area contributed by atoms with Crippen LogP contribution in [-0.2, 0) is 4.74 Å². The number of hydrogen-bond donors (Lipinski definition) is 2. The molecule has 2 fully saturated rings. The van der Waals surface area contributed by atoms with Crippen molar-refractivity contribution < 1.29 is 9.47 Å². The molecule has 1 aromatic carbocycles. The van der Waals surface area contributed by atoms with E-state index in [4.69, 9.17) is 15.2 Å². The van der Waals surface area contributed by atoms with E-state index in [1.165, 1.54) is 25.7 Å². The summed E-state index contributed by atoms with van der Waals surface area (Å²) in [5.74, 6) is 0.879. The Balaban J connectivity index is 1.53. The third-order valence-corrected chi connectivity index (χ3v) is 6.30. The van der Waals surface area contributed by atoms with Crippen LogP contribution < -0.4 is 15.8 Å². The van der Waals surface area contributed by atoms with Gasteiger partial charge in [0.1, 0.15) is 5.75 Å². The summed E-state index contributed by atoms with van der Waals surface area (Å²) in [7, 11) is 1.84. The van der Waals surface area contributed by atoms with Crippen molar-refractivity contribution in [3.05, 3.63) is 18.2 Å². The van der Waals surface area contributed by atoms with Crippen LogP contribution in [0.15, 0.2) is 18.2 Å². The molecule has 5 heteroatoms. The first-order valence-electron chi connectivity index (χ1n) is 10.1. The molecule has 1 aromatic rings. The van der Waals surface area contributed by atoms with Crippen LogP contribution in [0.1, 0.15) is 52.4 Å². The van der Waals surface area contributed by atoms with Crippen molar-refractivity contribution in [2.45, 2.75) is 70.1 Å². The Morgan fingerprint density at radius 2 is 1.88 bits per heavy atom. The zero-order valence-electron chi connectivity index (χ0n) is 16.6. The number of nitrogens with one attached hydrogen (secondary N) is 1. The molecule has 1 aliphatic carbocycles.